The number of benzene rings is 1. The number of ether oxygens (including phenoxy) is 2. The summed E-state index contributed by atoms with van der Waals surface area (Å²) in [6, 6.07) is 9.55. The number of pyridine rings is 1. The van der Waals surface area contributed by atoms with Gasteiger partial charge in [-0.2, -0.15) is 0 Å². The summed E-state index contributed by atoms with van der Waals surface area (Å²) < 4.78 is 10.5. The maximum atomic E-state index is 12.5. The van der Waals surface area contributed by atoms with Crippen LogP contribution in [-0.4, -0.2) is 31.2 Å². The first-order chi connectivity index (χ1) is 11.7. The number of carbonyl (C=O) groups excluding carboxylic acids is 1. The van der Waals surface area contributed by atoms with Crippen LogP contribution in [0.25, 0.3) is 6.08 Å². The molecule has 2 aromatic rings. The highest BCUT2D eigenvalue weighted by atomic mass is 16.5. The topological polar surface area (TPSA) is 51.7 Å². The van der Waals surface area contributed by atoms with E-state index in [0.29, 0.717) is 12.4 Å². The van der Waals surface area contributed by atoms with Crippen molar-refractivity contribution in [2.75, 3.05) is 25.2 Å². The Balaban J connectivity index is 1.73. The number of amides is 1. The van der Waals surface area contributed by atoms with E-state index in [-0.39, 0.29) is 5.91 Å². The molecule has 0 saturated heterocycles. The van der Waals surface area contributed by atoms with Gasteiger partial charge in [-0.3, -0.25) is 4.79 Å². The van der Waals surface area contributed by atoms with Crippen molar-refractivity contribution < 1.29 is 14.3 Å². The molecule has 124 valence electrons. The number of anilines is 1. The summed E-state index contributed by atoms with van der Waals surface area (Å²) >= 11 is 0. The van der Waals surface area contributed by atoms with Crippen molar-refractivity contribution in [2.24, 2.45) is 0 Å². The van der Waals surface area contributed by atoms with Crippen molar-refractivity contribution in [2.45, 2.75) is 13.3 Å². The quantitative estimate of drug-likeness (QED) is 0.793. The molecule has 0 bridgehead atoms. The number of likely N-dealkylation sites (N-methyl/N-ethyl adjacent to an activating group) is 1. The van der Waals surface area contributed by atoms with E-state index in [1.165, 1.54) is 5.56 Å². The van der Waals surface area contributed by atoms with Gasteiger partial charge in [-0.25, -0.2) is 4.98 Å². The molecule has 0 spiro atoms. The first-order valence-electron chi connectivity index (χ1n) is 7.96. The molecule has 1 amide bonds. The number of hydrogen-bond donors (Lipinski definition) is 0. The van der Waals surface area contributed by atoms with Crippen molar-refractivity contribution in [3.63, 3.8) is 0 Å². The van der Waals surface area contributed by atoms with Gasteiger partial charge in [0.1, 0.15) is 5.75 Å². The van der Waals surface area contributed by atoms with E-state index in [1.54, 1.807) is 30.3 Å². The minimum atomic E-state index is -0.0822. The molecule has 1 aliphatic rings. The number of carbonyl (C=O) groups is 1. The lowest BCUT2D eigenvalue weighted by molar-refractivity contribution is -0.114. The second-order valence-corrected chi connectivity index (χ2v) is 5.44. The van der Waals surface area contributed by atoms with Crippen LogP contribution in [0.4, 0.5) is 5.69 Å². The molecule has 0 fully saturated rings. The number of fused-ring (bicyclic) bond motifs is 1. The Kier molecular flexibility index (Phi) is 4.79. The fourth-order valence-electron chi connectivity index (χ4n) is 2.69. The second kappa shape index (κ2) is 7.17. The number of methoxy groups -OCH3 is 1. The molecule has 5 nitrogen and oxygen atoms in total. The minimum absolute atomic E-state index is 0.0822. The smallest absolute Gasteiger partial charge is 0.251 e. The fourth-order valence-corrected chi connectivity index (χ4v) is 2.69. The van der Waals surface area contributed by atoms with E-state index in [4.69, 9.17) is 9.47 Å². The van der Waals surface area contributed by atoms with Gasteiger partial charge in [0.2, 0.25) is 5.88 Å². The molecular formula is C19H20N2O3. The van der Waals surface area contributed by atoms with Crippen LogP contribution in [0.15, 0.2) is 42.6 Å². The Morgan fingerprint density at radius 1 is 1.38 bits per heavy atom. The lowest BCUT2D eigenvalue weighted by Crippen LogP contribution is -2.28. The molecule has 0 radical (unpaired) electrons. The molecule has 0 N–H and O–H groups in total. The number of hydrogen-bond acceptors (Lipinski definition) is 4. The Hall–Kier alpha value is -2.82. The van der Waals surface area contributed by atoms with Gasteiger partial charge in [0.25, 0.3) is 5.91 Å². The largest absolute Gasteiger partial charge is 0.493 e. The zero-order valence-corrected chi connectivity index (χ0v) is 13.9. The van der Waals surface area contributed by atoms with Crippen LogP contribution >= 0.6 is 0 Å². The van der Waals surface area contributed by atoms with Gasteiger partial charge in [-0.15, -0.1) is 0 Å². The normalized spacial score (nSPS) is 12.8. The summed E-state index contributed by atoms with van der Waals surface area (Å²) in [5.41, 5.74) is 2.93. The van der Waals surface area contributed by atoms with Gasteiger partial charge in [0.15, 0.2) is 0 Å². The van der Waals surface area contributed by atoms with Crippen LogP contribution in [-0.2, 0) is 11.2 Å². The molecular weight excluding hydrogens is 304 g/mol. The lowest BCUT2D eigenvalue weighted by Gasteiger charge is -2.19. The van der Waals surface area contributed by atoms with Crippen LogP contribution in [0.1, 0.15) is 18.1 Å². The SMILES string of the molecule is CCN(C(=O)C=Cc1ccc2c(c1)CCO2)c1ccc(OC)nc1. The van der Waals surface area contributed by atoms with E-state index in [0.717, 1.165) is 30.0 Å². The summed E-state index contributed by atoms with van der Waals surface area (Å²) in [5.74, 6) is 1.39. The van der Waals surface area contributed by atoms with E-state index in [1.807, 2.05) is 31.2 Å². The lowest BCUT2D eigenvalue weighted by atomic mass is 10.1. The highest BCUT2D eigenvalue weighted by Crippen LogP contribution is 2.26. The van der Waals surface area contributed by atoms with E-state index in [9.17, 15) is 4.79 Å². The Bertz CT molecular complexity index is 754. The van der Waals surface area contributed by atoms with E-state index < -0.39 is 0 Å². The van der Waals surface area contributed by atoms with Gasteiger partial charge < -0.3 is 14.4 Å². The third-order valence-electron chi connectivity index (χ3n) is 3.96. The minimum Gasteiger partial charge on any atom is -0.493 e. The van der Waals surface area contributed by atoms with Crippen LogP contribution in [0.5, 0.6) is 11.6 Å². The number of nitrogens with zero attached hydrogens (tertiary/aromatic N) is 2. The summed E-state index contributed by atoms with van der Waals surface area (Å²) in [6.07, 6.45) is 5.98. The van der Waals surface area contributed by atoms with Crippen molar-refractivity contribution >= 4 is 17.7 Å². The van der Waals surface area contributed by atoms with Gasteiger partial charge in [0, 0.05) is 25.1 Å². The van der Waals surface area contributed by atoms with Gasteiger partial charge >= 0.3 is 0 Å². The first-order valence-corrected chi connectivity index (χ1v) is 7.96. The Morgan fingerprint density at radius 3 is 2.96 bits per heavy atom. The Morgan fingerprint density at radius 2 is 2.25 bits per heavy atom. The highest BCUT2D eigenvalue weighted by molar-refractivity contribution is 6.03. The fraction of sp³-hybridized carbons (Fsp3) is 0.263. The second-order valence-electron chi connectivity index (χ2n) is 5.44. The predicted molar refractivity (Wildman–Crippen MR) is 93.5 cm³/mol. The molecule has 0 unspecified atom stereocenters. The standard InChI is InChI=1S/C19H20N2O3/c1-3-21(16-6-8-18(23-2)20-13-16)19(22)9-5-14-4-7-17-15(12-14)10-11-24-17/h4-9,12-13H,3,10-11H2,1-2H3. The van der Waals surface area contributed by atoms with Crippen molar-refractivity contribution in [1.29, 1.82) is 0 Å². The number of rotatable bonds is 5. The molecule has 0 aliphatic carbocycles. The molecule has 2 heterocycles. The molecule has 1 aromatic carbocycles. The predicted octanol–water partition coefficient (Wildman–Crippen LogP) is 3.09. The summed E-state index contributed by atoms with van der Waals surface area (Å²) in [6.45, 7) is 3.23. The van der Waals surface area contributed by atoms with Crippen molar-refractivity contribution in [1.82, 2.24) is 4.98 Å². The van der Waals surface area contributed by atoms with Crippen LogP contribution < -0.4 is 14.4 Å². The average Bonchev–Trinajstić information content (AvgIpc) is 3.09. The zero-order chi connectivity index (χ0) is 16.9. The molecule has 3 rings (SSSR count). The zero-order valence-electron chi connectivity index (χ0n) is 13.9. The summed E-state index contributed by atoms with van der Waals surface area (Å²) in [4.78, 5) is 18.3. The number of aromatic nitrogens is 1. The van der Waals surface area contributed by atoms with Crippen LogP contribution in [0.2, 0.25) is 0 Å². The van der Waals surface area contributed by atoms with Crippen molar-refractivity contribution in [3.05, 3.63) is 53.7 Å². The first kappa shape index (κ1) is 16.1. The van der Waals surface area contributed by atoms with E-state index in [2.05, 4.69) is 11.1 Å². The van der Waals surface area contributed by atoms with Crippen LogP contribution in [0, 0.1) is 0 Å². The summed E-state index contributed by atoms with van der Waals surface area (Å²) in [7, 11) is 1.56. The maximum absolute atomic E-state index is 12.5. The third-order valence-corrected chi connectivity index (χ3v) is 3.96. The van der Waals surface area contributed by atoms with Gasteiger partial charge in [-0.05, 0) is 42.3 Å². The average molecular weight is 324 g/mol. The molecule has 0 atom stereocenters. The van der Waals surface area contributed by atoms with Crippen LogP contribution in [0.3, 0.4) is 0 Å². The maximum Gasteiger partial charge on any atom is 0.251 e. The van der Waals surface area contributed by atoms with Gasteiger partial charge in [0.05, 0.1) is 25.6 Å². The molecule has 5 heteroatoms. The molecule has 1 aromatic heterocycles. The monoisotopic (exact) mass is 324 g/mol. The Labute approximate surface area is 141 Å². The van der Waals surface area contributed by atoms with Crippen molar-refractivity contribution in [3.8, 4) is 11.6 Å². The highest BCUT2D eigenvalue weighted by Gasteiger charge is 2.13. The molecule has 24 heavy (non-hydrogen) atoms. The van der Waals surface area contributed by atoms with Gasteiger partial charge in [-0.1, -0.05) is 6.07 Å². The molecule has 1 aliphatic heterocycles. The van der Waals surface area contributed by atoms with E-state index >= 15 is 0 Å². The third kappa shape index (κ3) is 3.40. The molecule has 0 saturated carbocycles. The summed E-state index contributed by atoms with van der Waals surface area (Å²) in [5, 5.41) is 0.